The van der Waals surface area contributed by atoms with E-state index in [1.54, 1.807) is 13.8 Å². The summed E-state index contributed by atoms with van der Waals surface area (Å²) in [5.74, 6) is -3.03. The molecule has 0 saturated heterocycles. The van der Waals surface area contributed by atoms with Crippen molar-refractivity contribution >= 4 is 18.0 Å². The number of esters is 2. The van der Waals surface area contributed by atoms with Crippen molar-refractivity contribution in [3.8, 4) is 11.1 Å². The molecule has 3 aliphatic rings. The first-order valence-corrected chi connectivity index (χ1v) is 12.1. The van der Waals surface area contributed by atoms with Crippen LogP contribution in [0.2, 0.25) is 0 Å². The van der Waals surface area contributed by atoms with Crippen LogP contribution >= 0.6 is 0 Å². The monoisotopic (exact) mass is 479 g/mol. The number of carbonyl (C=O) groups excluding carboxylic acids is 3. The van der Waals surface area contributed by atoms with E-state index in [1.165, 1.54) is 0 Å². The lowest BCUT2D eigenvalue weighted by molar-refractivity contribution is -0.154. The van der Waals surface area contributed by atoms with Gasteiger partial charge in [0.1, 0.15) is 12.1 Å². The number of alkyl carbamates (subject to hydrolysis) is 1. The number of amides is 1. The van der Waals surface area contributed by atoms with Gasteiger partial charge in [-0.1, -0.05) is 48.5 Å². The average Bonchev–Trinajstić information content (AvgIpc) is 3.45. The van der Waals surface area contributed by atoms with E-state index in [0.29, 0.717) is 0 Å². The minimum Gasteiger partial charge on any atom is -0.466 e. The Labute approximate surface area is 203 Å². The molecule has 0 unspecified atom stereocenters. The Morgan fingerprint density at radius 3 is 2.14 bits per heavy atom. The molecule has 8 nitrogen and oxygen atoms in total. The minimum absolute atomic E-state index is 0.0404. The van der Waals surface area contributed by atoms with Crippen molar-refractivity contribution < 1.29 is 33.7 Å². The van der Waals surface area contributed by atoms with E-state index < -0.39 is 47.4 Å². The molecular formula is C27H29NO7. The maximum Gasteiger partial charge on any atom is 0.408 e. The number of hydrogen-bond donors (Lipinski definition) is 2. The molecule has 0 aromatic heterocycles. The highest BCUT2D eigenvalue weighted by Crippen LogP contribution is 2.63. The summed E-state index contributed by atoms with van der Waals surface area (Å²) in [4.78, 5) is 38.5. The molecular weight excluding hydrogens is 450 g/mol. The number of ether oxygens (including phenoxy) is 3. The van der Waals surface area contributed by atoms with Crippen molar-refractivity contribution in [2.24, 2.45) is 17.8 Å². The zero-order valence-corrected chi connectivity index (χ0v) is 19.7. The lowest BCUT2D eigenvalue weighted by Crippen LogP contribution is -2.57. The third kappa shape index (κ3) is 3.76. The third-order valence-electron chi connectivity index (χ3n) is 7.49. The van der Waals surface area contributed by atoms with Gasteiger partial charge in [0.25, 0.3) is 0 Å². The maximum absolute atomic E-state index is 13.0. The van der Waals surface area contributed by atoms with E-state index in [4.69, 9.17) is 14.2 Å². The maximum atomic E-state index is 13.0. The number of aliphatic hydroxyl groups is 1. The molecule has 1 amide bonds. The number of benzene rings is 2. The van der Waals surface area contributed by atoms with Gasteiger partial charge in [0.15, 0.2) is 0 Å². The van der Waals surface area contributed by atoms with E-state index in [9.17, 15) is 19.5 Å². The number of rotatable bonds is 7. The second-order valence-corrected chi connectivity index (χ2v) is 9.29. The van der Waals surface area contributed by atoms with Crippen LogP contribution < -0.4 is 5.32 Å². The summed E-state index contributed by atoms with van der Waals surface area (Å²) in [6, 6.07) is 16.0. The van der Waals surface area contributed by atoms with Crippen molar-refractivity contribution in [3.63, 3.8) is 0 Å². The van der Waals surface area contributed by atoms with Gasteiger partial charge in [0.2, 0.25) is 0 Å². The standard InChI is InChI=1S/C27H29NO7/c1-3-33-24(30)22-21-20(29)13-27(23(21)22,25(31)34-4-2)28-26(32)35-14-19-17-11-7-5-9-15(17)16-10-6-8-12-18(16)19/h5-12,19-23,29H,3-4,13-14H2,1-2H3,(H,28,32)/t20-,21-,22-,23-,27-/m0/s1. The normalized spacial score (nSPS) is 27.9. The second-order valence-electron chi connectivity index (χ2n) is 9.29. The molecule has 2 saturated carbocycles. The summed E-state index contributed by atoms with van der Waals surface area (Å²) in [5, 5.41) is 13.3. The van der Waals surface area contributed by atoms with Crippen LogP contribution in [0.15, 0.2) is 48.5 Å². The number of hydrogen-bond acceptors (Lipinski definition) is 7. The van der Waals surface area contributed by atoms with Gasteiger partial charge in [-0.15, -0.1) is 0 Å². The average molecular weight is 480 g/mol. The zero-order chi connectivity index (χ0) is 24.7. The van der Waals surface area contributed by atoms with Crippen LogP contribution in [0.1, 0.15) is 37.3 Å². The van der Waals surface area contributed by atoms with Gasteiger partial charge in [-0.05, 0) is 36.1 Å². The third-order valence-corrected chi connectivity index (χ3v) is 7.49. The summed E-state index contributed by atoms with van der Waals surface area (Å²) in [6.45, 7) is 3.73. The molecule has 0 radical (unpaired) electrons. The smallest absolute Gasteiger partial charge is 0.408 e. The Hall–Kier alpha value is -3.39. The zero-order valence-electron chi connectivity index (χ0n) is 19.7. The summed E-state index contributed by atoms with van der Waals surface area (Å²) in [6.07, 6.45) is -1.77. The van der Waals surface area contributed by atoms with Crippen molar-refractivity contribution in [3.05, 3.63) is 59.7 Å². The molecule has 35 heavy (non-hydrogen) atoms. The second kappa shape index (κ2) is 9.00. The predicted molar refractivity (Wildman–Crippen MR) is 125 cm³/mol. The molecule has 2 aromatic rings. The van der Waals surface area contributed by atoms with Gasteiger partial charge in [-0.2, -0.15) is 0 Å². The number of fused-ring (bicyclic) bond motifs is 4. The van der Waals surface area contributed by atoms with Gasteiger partial charge < -0.3 is 24.6 Å². The summed E-state index contributed by atoms with van der Waals surface area (Å²) >= 11 is 0. The fourth-order valence-electron chi connectivity index (χ4n) is 6.07. The van der Waals surface area contributed by atoms with Gasteiger partial charge >= 0.3 is 18.0 Å². The molecule has 184 valence electrons. The van der Waals surface area contributed by atoms with Crippen molar-refractivity contribution in [2.45, 2.75) is 37.8 Å². The molecule has 2 aromatic carbocycles. The van der Waals surface area contributed by atoms with Crippen molar-refractivity contribution in [2.75, 3.05) is 19.8 Å². The van der Waals surface area contributed by atoms with Crippen molar-refractivity contribution in [1.29, 1.82) is 0 Å². The van der Waals surface area contributed by atoms with Crippen LogP contribution in [0.3, 0.4) is 0 Å². The van der Waals surface area contributed by atoms with Crippen LogP contribution in [-0.4, -0.2) is 54.6 Å². The van der Waals surface area contributed by atoms with Crippen molar-refractivity contribution in [1.82, 2.24) is 5.32 Å². The number of aliphatic hydroxyl groups excluding tert-OH is 1. The first-order valence-electron chi connectivity index (χ1n) is 12.1. The predicted octanol–water partition coefficient (Wildman–Crippen LogP) is 3.02. The van der Waals surface area contributed by atoms with Gasteiger partial charge in [-0.3, -0.25) is 4.79 Å². The highest BCUT2D eigenvalue weighted by molar-refractivity contribution is 5.91. The molecule has 2 fully saturated rings. The Bertz CT molecular complexity index is 1120. The Morgan fingerprint density at radius 2 is 1.54 bits per heavy atom. The largest absolute Gasteiger partial charge is 0.466 e. The lowest BCUT2D eigenvalue weighted by Gasteiger charge is -2.31. The first kappa shape index (κ1) is 23.4. The Morgan fingerprint density at radius 1 is 0.943 bits per heavy atom. The van der Waals surface area contributed by atoms with Crippen LogP contribution in [0.5, 0.6) is 0 Å². The Balaban J connectivity index is 1.34. The molecule has 0 spiro atoms. The molecule has 5 rings (SSSR count). The lowest BCUT2D eigenvalue weighted by atomic mass is 9.89. The molecule has 3 aliphatic carbocycles. The molecule has 8 heteroatoms. The minimum atomic E-state index is -1.54. The highest BCUT2D eigenvalue weighted by atomic mass is 16.6. The van der Waals surface area contributed by atoms with Crippen LogP contribution in [0.25, 0.3) is 11.1 Å². The Kier molecular flexibility index (Phi) is 6.01. The van der Waals surface area contributed by atoms with Crippen LogP contribution in [-0.2, 0) is 23.8 Å². The molecule has 2 N–H and O–H groups in total. The van der Waals surface area contributed by atoms with E-state index in [2.05, 4.69) is 5.32 Å². The molecule has 0 heterocycles. The molecule has 0 bridgehead atoms. The molecule has 0 aliphatic heterocycles. The van der Waals surface area contributed by atoms with Gasteiger partial charge in [0, 0.05) is 24.2 Å². The highest BCUT2D eigenvalue weighted by Gasteiger charge is 2.76. The van der Waals surface area contributed by atoms with E-state index in [1.807, 2.05) is 48.5 Å². The number of carbonyl (C=O) groups is 3. The van der Waals surface area contributed by atoms with Crippen LogP contribution in [0.4, 0.5) is 4.79 Å². The SMILES string of the molecule is CCOC(=O)[C@H]1[C@H]2[C@@H]1[C@](NC(=O)OCC1c3ccccc3-c3ccccc31)(C(=O)OCC)C[C@@H]2O. The van der Waals surface area contributed by atoms with E-state index in [0.717, 1.165) is 22.3 Å². The van der Waals surface area contributed by atoms with E-state index >= 15 is 0 Å². The summed E-state index contributed by atoms with van der Waals surface area (Å²) < 4.78 is 16.0. The molecule has 5 atom stereocenters. The van der Waals surface area contributed by atoms with Crippen LogP contribution in [0, 0.1) is 17.8 Å². The first-order chi connectivity index (χ1) is 16.9. The quantitative estimate of drug-likeness (QED) is 0.464. The number of nitrogens with one attached hydrogen (secondary N) is 1. The topological polar surface area (TPSA) is 111 Å². The fourth-order valence-corrected chi connectivity index (χ4v) is 6.07. The van der Waals surface area contributed by atoms with Gasteiger partial charge in [-0.25, -0.2) is 9.59 Å². The summed E-state index contributed by atoms with van der Waals surface area (Å²) in [5.41, 5.74) is 2.82. The summed E-state index contributed by atoms with van der Waals surface area (Å²) in [7, 11) is 0. The van der Waals surface area contributed by atoms with Gasteiger partial charge in [0.05, 0.1) is 25.2 Å². The fraction of sp³-hybridized carbons (Fsp3) is 0.444. The van der Waals surface area contributed by atoms with E-state index in [-0.39, 0.29) is 32.2 Å².